The van der Waals surface area contributed by atoms with Crippen LogP contribution in [-0.4, -0.2) is 15.6 Å². The largest absolute Gasteiger partial charge is 0.478 e. The standard InChI is InChI=1S/C22H13BrCl3NO2/c23-12-8-19(25)16-10-14(27(20(16)9-12)13-4-2-1-3-5-13)11-17-18(24)7-6-15(21(17)26)22(28)29/h1-10H,11H2,(H,28,29). The van der Waals surface area contributed by atoms with E-state index in [-0.39, 0.29) is 10.6 Å². The molecule has 0 amide bonds. The van der Waals surface area contributed by atoms with Crippen molar-refractivity contribution in [1.82, 2.24) is 4.57 Å². The van der Waals surface area contributed by atoms with E-state index in [0.29, 0.717) is 22.0 Å². The Morgan fingerprint density at radius 1 is 0.966 bits per heavy atom. The lowest BCUT2D eigenvalue weighted by atomic mass is 10.1. The molecule has 0 atom stereocenters. The van der Waals surface area contributed by atoms with Gasteiger partial charge in [-0.05, 0) is 48.0 Å². The van der Waals surface area contributed by atoms with Crippen molar-refractivity contribution in [1.29, 1.82) is 0 Å². The van der Waals surface area contributed by atoms with Crippen LogP contribution in [0.5, 0.6) is 0 Å². The van der Waals surface area contributed by atoms with Crippen LogP contribution in [-0.2, 0) is 6.42 Å². The quantitative estimate of drug-likeness (QED) is 0.307. The highest BCUT2D eigenvalue weighted by atomic mass is 79.9. The highest BCUT2D eigenvalue weighted by molar-refractivity contribution is 9.10. The summed E-state index contributed by atoms with van der Waals surface area (Å²) in [5, 5.41) is 11.5. The Morgan fingerprint density at radius 3 is 2.38 bits per heavy atom. The van der Waals surface area contributed by atoms with Crippen LogP contribution in [0.25, 0.3) is 16.6 Å². The molecule has 29 heavy (non-hydrogen) atoms. The zero-order chi connectivity index (χ0) is 20.7. The molecule has 0 radical (unpaired) electrons. The number of rotatable bonds is 4. The molecule has 7 heteroatoms. The lowest BCUT2D eigenvalue weighted by Crippen LogP contribution is -2.05. The Hall–Kier alpha value is -1.98. The Bertz CT molecular complexity index is 1250. The third-order valence-corrected chi connectivity index (χ3v) is 6.26. The number of hydrogen-bond acceptors (Lipinski definition) is 1. The van der Waals surface area contributed by atoms with Crippen LogP contribution in [0.3, 0.4) is 0 Å². The van der Waals surface area contributed by atoms with E-state index in [4.69, 9.17) is 34.8 Å². The second-order valence-corrected chi connectivity index (χ2v) is 8.60. The number of nitrogens with zero attached hydrogens (tertiary/aromatic N) is 1. The SMILES string of the molecule is O=C(O)c1ccc(Cl)c(Cc2cc3c(Cl)cc(Br)cc3n2-c2ccccc2)c1Cl. The molecule has 0 unspecified atom stereocenters. The lowest BCUT2D eigenvalue weighted by Gasteiger charge is -2.14. The van der Waals surface area contributed by atoms with Crippen LogP contribution in [0.4, 0.5) is 0 Å². The average molecular weight is 510 g/mol. The molecule has 146 valence electrons. The molecule has 0 aliphatic heterocycles. The molecule has 0 aliphatic rings. The molecule has 4 aromatic rings. The van der Waals surface area contributed by atoms with E-state index in [0.717, 1.165) is 26.8 Å². The van der Waals surface area contributed by atoms with Crippen molar-refractivity contribution in [3.05, 3.63) is 97.0 Å². The van der Waals surface area contributed by atoms with Crippen LogP contribution in [0.15, 0.2) is 65.1 Å². The van der Waals surface area contributed by atoms with Gasteiger partial charge in [0.2, 0.25) is 0 Å². The minimum atomic E-state index is -1.09. The lowest BCUT2D eigenvalue weighted by molar-refractivity contribution is 0.0697. The third-order valence-electron chi connectivity index (χ3n) is 4.70. The van der Waals surface area contributed by atoms with Crippen LogP contribution in [0, 0.1) is 0 Å². The fourth-order valence-corrected chi connectivity index (χ4v) is 4.83. The minimum Gasteiger partial charge on any atom is -0.478 e. The topological polar surface area (TPSA) is 42.2 Å². The monoisotopic (exact) mass is 507 g/mol. The van der Waals surface area contributed by atoms with E-state index >= 15 is 0 Å². The summed E-state index contributed by atoms with van der Waals surface area (Å²) >= 11 is 22.8. The Morgan fingerprint density at radius 2 is 1.69 bits per heavy atom. The fourth-order valence-electron chi connectivity index (χ4n) is 3.40. The zero-order valence-electron chi connectivity index (χ0n) is 14.8. The summed E-state index contributed by atoms with van der Waals surface area (Å²) in [7, 11) is 0. The number of hydrogen-bond donors (Lipinski definition) is 1. The summed E-state index contributed by atoms with van der Waals surface area (Å²) in [5.74, 6) is -1.09. The van der Waals surface area contributed by atoms with Crippen molar-refractivity contribution >= 4 is 67.6 Å². The van der Waals surface area contributed by atoms with E-state index < -0.39 is 5.97 Å². The maximum atomic E-state index is 11.5. The van der Waals surface area contributed by atoms with Gasteiger partial charge >= 0.3 is 5.97 Å². The van der Waals surface area contributed by atoms with E-state index in [1.165, 1.54) is 6.07 Å². The number of benzene rings is 3. The first-order valence-electron chi connectivity index (χ1n) is 8.62. The van der Waals surface area contributed by atoms with Gasteiger partial charge in [-0.3, -0.25) is 0 Å². The number of aromatic carboxylic acids is 1. The number of carbonyl (C=O) groups is 1. The Balaban J connectivity index is 1.97. The molecule has 0 aliphatic carbocycles. The van der Waals surface area contributed by atoms with Crippen molar-refractivity contribution in [2.24, 2.45) is 0 Å². The molecule has 3 aromatic carbocycles. The molecule has 0 bridgehead atoms. The molecule has 0 fully saturated rings. The van der Waals surface area contributed by atoms with Gasteiger partial charge in [0.25, 0.3) is 0 Å². The van der Waals surface area contributed by atoms with Gasteiger partial charge in [0.15, 0.2) is 0 Å². The average Bonchev–Trinajstić information content (AvgIpc) is 3.03. The zero-order valence-corrected chi connectivity index (χ0v) is 18.6. The van der Waals surface area contributed by atoms with Gasteiger partial charge in [0.1, 0.15) is 0 Å². The number of carboxylic acids is 1. The summed E-state index contributed by atoms with van der Waals surface area (Å²) < 4.78 is 2.94. The molecule has 3 nitrogen and oxygen atoms in total. The van der Waals surface area contributed by atoms with Crippen molar-refractivity contribution < 1.29 is 9.90 Å². The van der Waals surface area contributed by atoms with Crippen LogP contribution in [0.1, 0.15) is 21.6 Å². The minimum absolute atomic E-state index is 0.0224. The highest BCUT2D eigenvalue weighted by Crippen LogP contribution is 2.36. The normalized spacial score (nSPS) is 11.2. The number of para-hydroxylation sites is 1. The second kappa shape index (κ2) is 8.04. The van der Waals surface area contributed by atoms with Crippen molar-refractivity contribution in [2.45, 2.75) is 6.42 Å². The van der Waals surface area contributed by atoms with Crippen LogP contribution in [0.2, 0.25) is 15.1 Å². The Kier molecular flexibility index (Phi) is 5.63. The third kappa shape index (κ3) is 3.78. The molecular formula is C22H13BrCl3NO2. The predicted molar refractivity (Wildman–Crippen MR) is 122 cm³/mol. The maximum Gasteiger partial charge on any atom is 0.337 e. The predicted octanol–water partition coefficient (Wildman–Crippen LogP) is 7.64. The van der Waals surface area contributed by atoms with E-state index in [2.05, 4.69) is 20.5 Å². The number of halogens is 4. The van der Waals surface area contributed by atoms with Crippen molar-refractivity contribution in [3.63, 3.8) is 0 Å². The van der Waals surface area contributed by atoms with E-state index in [1.54, 1.807) is 6.07 Å². The molecule has 0 saturated heterocycles. The second-order valence-electron chi connectivity index (χ2n) is 6.50. The van der Waals surface area contributed by atoms with Gasteiger partial charge in [-0.1, -0.05) is 68.9 Å². The van der Waals surface area contributed by atoms with Gasteiger partial charge < -0.3 is 9.67 Å². The van der Waals surface area contributed by atoms with Crippen molar-refractivity contribution in [2.75, 3.05) is 0 Å². The number of aromatic nitrogens is 1. The number of fused-ring (bicyclic) bond motifs is 1. The molecule has 1 heterocycles. The first-order valence-corrected chi connectivity index (χ1v) is 10.5. The summed E-state index contributed by atoms with van der Waals surface area (Å²) in [4.78, 5) is 11.5. The summed E-state index contributed by atoms with van der Waals surface area (Å²) in [6, 6.07) is 18.6. The molecule has 4 rings (SSSR count). The van der Waals surface area contributed by atoms with Gasteiger partial charge in [-0.2, -0.15) is 0 Å². The maximum absolute atomic E-state index is 11.5. The van der Waals surface area contributed by atoms with Gasteiger partial charge in [0, 0.05) is 32.7 Å². The fraction of sp³-hybridized carbons (Fsp3) is 0.0455. The highest BCUT2D eigenvalue weighted by Gasteiger charge is 2.20. The molecule has 0 saturated carbocycles. The molecule has 0 spiro atoms. The summed E-state index contributed by atoms with van der Waals surface area (Å²) in [6.45, 7) is 0. The van der Waals surface area contributed by atoms with Crippen LogP contribution < -0.4 is 0 Å². The van der Waals surface area contributed by atoms with E-state index in [9.17, 15) is 9.90 Å². The van der Waals surface area contributed by atoms with Gasteiger partial charge in [0.05, 0.1) is 21.1 Å². The Labute approximate surface area is 190 Å². The summed E-state index contributed by atoms with van der Waals surface area (Å²) in [5.41, 5.74) is 3.34. The first kappa shape index (κ1) is 20.3. The molecule has 1 N–H and O–H groups in total. The van der Waals surface area contributed by atoms with Crippen molar-refractivity contribution in [3.8, 4) is 5.69 Å². The summed E-state index contributed by atoms with van der Waals surface area (Å²) in [6.07, 6.45) is 0.344. The molecular weight excluding hydrogens is 497 g/mol. The first-order chi connectivity index (χ1) is 13.9. The smallest absolute Gasteiger partial charge is 0.337 e. The van der Waals surface area contributed by atoms with Crippen LogP contribution >= 0.6 is 50.7 Å². The number of carboxylic acid groups (broad SMARTS) is 1. The van der Waals surface area contributed by atoms with Gasteiger partial charge in [-0.15, -0.1) is 0 Å². The molecule has 1 aromatic heterocycles. The van der Waals surface area contributed by atoms with E-state index in [1.807, 2.05) is 48.5 Å². The van der Waals surface area contributed by atoms with Gasteiger partial charge in [-0.25, -0.2) is 4.79 Å².